The molecule has 2 rings (SSSR count). The van der Waals surface area contributed by atoms with Crippen LogP contribution < -0.4 is 5.73 Å². The molecule has 0 atom stereocenters. The van der Waals surface area contributed by atoms with Gasteiger partial charge in [-0.3, -0.25) is 0 Å². The van der Waals surface area contributed by atoms with Crippen LogP contribution >= 0.6 is 0 Å². The first-order chi connectivity index (χ1) is 7.42. The predicted octanol–water partition coefficient (Wildman–Crippen LogP) is 1.36. The molecule has 0 saturated heterocycles. The lowest BCUT2D eigenvalue weighted by Crippen LogP contribution is -2.07. The summed E-state index contributed by atoms with van der Waals surface area (Å²) in [5, 5.41) is 0. The van der Waals surface area contributed by atoms with Crippen molar-refractivity contribution in [1.29, 1.82) is 0 Å². The van der Waals surface area contributed by atoms with E-state index in [1.807, 2.05) is 28.8 Å². The SMILES string of the molecule is NCCCOCn1cnc2ccccc21. The Bertz CT molecular complexity index is 424. The van der Waals surface area contributed by atoms with Crippen molar-refractivity contribution in [3.63, 3.8) is 0 Å². The second-order valence-corrected chi connectivity index (χ2v) is 3.38. The number of nitrogens with zero attached hydrogens (tertiary/aromatic N) is 2. The van der Waals surface area contributed by atoms with Crippen LogP contribution in [0.1, 0.15) is 6.42 Å². The third-order valence-corrected chi connectivity index (χ3v) is 2.25. The van der Waals surface area contributed by atoms with E-state index in [0.717, 1.165) is 17.5 Å². The highest BCUT2D eigenvalue weighted by Crippen LogP contribution is 2.11. The molecule has 0 fully saturated rings. The Hall–Kier alpha value is -1.39. The van der Waals surface area contributed by atoms with E-state index in [-0.39, 0.29) is 0 Å². The molecule has 1 heterocycles. The fourth-order valence-corrected chi connectivity index (χ4v) is 1.46. The standard InChI is InChI=1S/C11H15N3O/c12-6-3-7-15-9-14-8-13-10-4-1-2-5-11(10)14/h1-2,4-5,8H,3,6-7,9,12H2. The van der Waals surface area contributed by atoms with E-state index in [4.69, 9.17) is 10.5 Å². The van der Waals surface area contributed by atoms with Gasteiger partial charge >= 0.3 is 0 Å². The number of ether oxygens (including phenoxy) is 1. The van der Waals surface area contributed by atoms with Crippen LogP contribution in [0.3, 0.4) is 0 Å². The first-order valence-electron chi connectivity index (χ1n) is 5.09. The van der Waals surface area contributed by atoms with Gasteiger partial charge in [-0.2, -0.15) is 0 Å². The number of aromatic nitrogens is 2. The van der Waals surface area contributed by atoms with Crippen molar-refractivity contribution in [2.24, 2.45) is 5.73 Å². The average molecular weight is 205 g/mol. The molecule has 0 saturated carbocycles. The van der Waals surface area contributed by atoms with Crippen LogP contribution in [-0.2, 0) is 11.5 Å². The molecule has 0 radical (unpaired) electrons. The summed E-state index contributed by atoms with van der Waals surface area (Å²) in [5.74, 6) is 0. The molecule has 2 N–H and O–H groups in total. The van der Waals surface area contributed by atoms with Crippen molar-refractivity contribution in [3.05, 3.63) is 30.6 Å². The molecule has 1 aromatic heterocycles. The summed E-state index contributed by atoms with van der Waals surface area (Å²) in [6.45, 7) is 1.91. The Morgan fingerprint density at radius 3 is 3.07 bits per heavy atom. The van der Waals surface area contributed by atoms with Gasteiger partial charge in [0.05, 0.1) is 24.0 Å². The topological polar surface area (TPSA) is 53.1 Å². The van der Waals surface area contributed by atoms with E-state index in [0.29, 0.717) is 19.9 Å². The molecule has 15 heavy (non-hydrogen) atoms. The molecule has 4 nitrogen and oxygen atoms in total. The second kappa shape index (κ2) is 4.91. The Kier molecular flexibility index (Phi) is 3.32. The Morgan fingerprint density at radius 1 is 1.33 bits per heavy atom. The molecule has 0 amide bonds. The summed E-state index contributed by atoms with van der Waals surface area (Å²) in [6, 6.07) is 8.01. The quantitative estimate of drug-likeness (QED) is 0.750. The van der Waals surface area contributed by atoms with Crippen LogP contribution in [0.15, 0.2) is 30.6 Å². The normalized spacial score (nSPS) is 11.0. The zero-order valence-corrected chi connectivity index (χ0v) is 8.60. The number of rotatable bonds is 5. The van der Waals surface area contributed by atoms with Crippen LogP contribution in [0.4, 0.5) is 0 Å². The van der Waals surface area contributed by atoms with E-state index < -0.39 is 0 Å². The number of hydrogen-bond acceptors (Lipinski definition) is 3. The summed E-state index contributed by atoms with van der Waals surface area (Å²) in [4.78, 5) is 4.28. The second-order valence-electron chi connectivity index (χ2n) is 3.38. The highest BCUT2D eigenvalue weighted by molar-refractivity contribution is 5.74. The molecular formula is C11H15N3O. The summed E-state index contributed by atoms with van der Waals surface area (Å²) >= 11 is 0. The first-order valence-corrected chi connectivity index (χ1v) is 5.09. The lowest BCUT2D eigenvalue weighted by atomic mass is 10.3. The van der Waals surface area contributed by atoms with Crippen molar-refractivity contribution in [1.82, 2.24) is 9.55 Å². The highest BCUT2D eigenvalue weighted by Gasteiger charge is 1.99. The maximum absolute atomic E-state index is 5.47. The zero-order chi connectivity index (χ0) is 10.5. The van der Waals surface area contributed by atoms with Crippen LogP contribution in [0.2, 0.25) is 0 Å². The zero-order valence-electron chi connectivity index (χ0n) is 8.60. The van der Waals surface area contributed by atoms with Gasteiger partial charge < -0.3 is 15.0 Å². The fraction of sp³-hybridized carbons (Fsp3) is 0.364. The number of fused-ring (bicyclic) bond motifs is 1. The van der Waals surface area contributed by atoms with Gasteiger partial charge in [-0.05, 0) is 25.1 Å². The molecular weight excluding hydrogens is 190 g/mol. The molecule has 0 spiro atoms. The van der Waals surface area contributed by atoms with Gasteiger partial charge in [0, 0.05) is 0 Å². The van der Waals surface area contributed by atoms with E-state index >= 15 is 0 Å². The van der Waals surface area contributed by atoms with Crippen molar-refractivity contribution in [2.75, 3.05) is 13.2 Å². The maximum atomic E-state index is 5.47. The molecule has 80 valence electrons. The Morgan fingerprint density at radius 2 is 2.20 bits per heavy atom. The summed E-state index contributed by atoms with van der Waals surface area (Å²) in [5.41, 5.74) is 7.48. The third kappa shape index (κ3) is 2.34. The van der Waals surface area contributed by atoms with Gasteiger partial charge in [-0.15, -0.1) is 0 Å². The number of benzene rings is 1. The van der Waals surface area contributed by atoms with E-state index in [2.05, 4.69) is 4.98 Å². The molecule has 2 aromatic rings. The minimum absolute atomic E-state index is 0.542. The first kappa shape index (κ1) is 10.1. The molecule has 0 aliphatic carbocycles. The molecule has 0 unspecified atom stereocenters. The average Bonchev–Trinajstić information content (AvgIpc) is 2.68. The number of imidazole rings is 1. The van der Waals surface area contributed by atoms with Crippen molar-refractivity contribution in [2.45, 2.75) is 13.2 Å². The number of hydrogen-bond donors (Lipinski definition) is 1. The van der Waals surface area contributed by atoms with Gasteiger partial charge in [0.2, 0.25) is 0 Å². The highest BCUT2D eigenvalue weighted by atomic mass is 16.5. The monoisotopic (exact) mass is 205 g/mol. The van der Waals surface area contributed by atoms with E-state index in [1.54, 1.807) is 6.33 Å². The van der Waals surface area contributed by atoms with Crippen LogP contribution in [0, 0.1) is 0 Å². The largest absolute Gasteiger partial charge is 0.361 e. The smallest absolute Gasteiger partial charge is 0.124 e. The predicted molar refractivity (Wildman–Crippen MR) is 59.4 cm³/mol. The lowest BCUT2D eigenvalue weighted by Gasteiger charge is -2.04. The minimum atomic E-state index is 0.542. The van der Waals surface area contributed by atoms with Gasteiger partial charge in [0.1, 0.15) is 6.73 Å². The molecule has 0 aliphatic rings. The molecule has 0 bridgehead atoms. The number of nitrogens with two attached hydrogens (primary N) is 1. The van der Waals surface area contributed by atoms with E-state index in [1.165, 1.54) is 0 Å². The van der Waals surface area contributed by atoms with Crippen molar-refractivity contribution >= 4 is 11.0 Å². The summed E-state index contributed by atoms with van der Waals surface area (Å²) in [7, 11) is 0. The van der Waals surface area contributed by atoms with Gasteiger partial charge in [0.15, 0.2) is 0 Å². The molecule has 0 aliphatic heterocycles. The summed E-state index contributed by atoms with van der Waals surface area (Å²) in [6.07, 6.45) is 2.69. The van der Waals surface area contributed by atoms with Gasteiger partial charge in [0.25, 0.3) is 0 Å². The lowest BCUT2D eigenvalue weighted by molar-refractivity contribution is 0.0788. The van der Waals surface area contributed by atoms with Crippen LogP contribution in [0.25, 0.3) is 11.0 Å². The maximum Gasteiger partial charge on any atom is 0.124 e. The number of para-hydroxylation sites is 2. The van der Waals surface area contributed by atoms with Crippen molar-refractivity contribution < 1.29 is 4.74 Å². The van der Waals surface area contributed by atoms with E-state index in [9.17, 15) is 0 Å². The van der Waals surface area contributed by atoms with Crippen molar-refractivity contribution in [3.8, 4) is 0 Å². The third-order valence-electron chi connectivity index (χ3n) is 2.25. The molecule has 4 heteroatoms. The molecule has 1 aromatic carbocycles. The fourth-order valence-electron chi connectivity index (χ4n) is 1.46. The van der Waals surface area contributed by atoms with Crippen LogP contribution in [-0.4, -0.2) is 22.7 Å². The summed E-state index contributed by atoms with van der Waals surface area (Å²) < 4.78 is 7.46. The van der Waals surface area contributed by atoms with Gasteiger partial charge in [-0.1, -0.05) is 12.1 Å². The Balaban J connectivity index is 2.02. The van der Waals surface area contributed by atoms with Gasteiger partial charge in [-0.25, -0.2) is 4.98 Å². The Labute approximate surface area is 88.7 Å². The minimum Gasteiger partial charge on any atom is -0.361 e. The van der Waals surface area contributed by atoms with Crippen LogP contribution in [0.5, 0.6) is 0 Å².